The van der Waals surface area contributed by atoms with Crippen molar-refractivity contribution in [2.45, 2.75) is 6.61 Å². The minimum Gasteiger partial charge on any atom is -0.497 e. The number of nitrogens with one attached hydrogen (secondary N) is 1. The lowest BCUT2D eigenvalue weighted by Crippen LogP contribution is -2.04. The first-order valence-electron chi connectivity index (χ1n) is 5.56. The van der Waals surface area contributed by atoms with E-state index in [9.17, 15) is 0 Å². The highest BCUT2D eigenvalue weighted by Crippen LogP contribution is 2.15. The van der Waals surface area contributed by atoms with E-state index >= 15 is 0 Å². The fourth-order valence-electron chi connectivity index (χ4n) is 1.38. The third kappa shape index (κ3) is 3.69. The lowest BCUT2D eigenvalue weighted by atomic mass is 10.2. The maximum absolute atomic E-state index is 5.75. The number of ether oxygens (including phenoxy) is 2. The second kappa shape index (κ2) is 6.19. The van der Waals surface area contributed by atoms with Crippen LogP contribution in [0.5, 0.6) is 11.8 Å². The number of anilines is 1. The Balaban J connectivity index is 2.03. The highest BCUT2D eigenvalue weighted by molar-refractivity contribution is 6.28. The first-order valence-corrected chi connectivity index (χ1v) is 5.94. The first kappa shape index (κ1) is 13.4. The molecule has 0 unspecified atom stereocenters. The lowest BCUT2D eigenvalue weighted by Gasteiger charge is -2.06. The molecular weight excluding hydrogens is 268 g/mol. The topological polar surface area (TPSA) is 69.2 Å². The van der Waals surface area contributed by atoms with Crippen LogP contribution in [0.3, 0.4) is 0 Å². The summed E-state index contributed by atoms with van der Waals surface area (Å²) in [5, 5.41) is 2.87. The number of methoxy groups -OCH3 is 1. The SMILES string of the molecule is CNc1nc(Cl)nc(OCc2ccc(OC)cc2)n1. The summed E-state index contributed by atoms with van der Waals surface area (Å²) in [5.74, 6) is 1.16. The van der Waals surface area contributed by atoms with Crippen molar-refractivity contribution in [3.05, 3.63) is 35.1 Å². The minimum absolute atomic E-state index is 0.0871. The number of benzene rings is 1. The molecule has 6 nitrogen and oxygen atoms in total. The van der Waals surface area contributed by atoms with E-state index in [0.717, 1.165) is 11.3 Å². The van der Waals surface area contributed by atoms with Gasteiger partial charge in [-0.25, -0.2) is 0 Å². The van der Waals surface area contributed by atoms with Crippen molar-refractivity contribution in [2.24, 2.45) is 0 Å². The quantitative estimate of drug-likeness (QED) is 0.905. The Hall–Kier alpha value is -2.08. The molecule has 0 radical (unpaired) electrons. The summed E-state index contributed by atoms with van der Waals surface area (Å²) in [5.41, 5.74) is 0.975. The lowest BCUT2D eigenvalue weighted by molar-refractivity contribution is 0.280. The van der Waals surface area contributed by atoms with E-state index in [1.54, 1.807) is 14.2 Å². The molecule has 0 aliphatic heterocycles. The Kier molecular flexibility index (Phi) is 4.35. The molecule has 0 saturated heterocycles. The van der Waals surface area contributed by atoms with Crippen LogP contribution in [0.25, 0.3) is 0 Å². The molecule has 0 aliphatic carbocycles. The molecule has 0 saturated carbocycles. The molecule has 0 bridgehead atoms. The van der Waals surface area contributed by atoms with E-state index in [4.69, 9.17) is 21.1 Å². The van der Waals surface area contributed by atoms with Gasteiger partial charge in [0, 0.05) is 7.05 Å². The predicted molar refractivity (Wildman–Crippen MR) is 71.7 cm³/mol. The van der Waals surface area contributed by atoms with Gasteiger partial charge in [0.15, 0.2) is 0 Å². The molecule has 7 heteroatoms. The number of hydrogen-bond acceptors (Lipinski definition) is 6. The molecule has 1 N–H and O–H groups in total. The summed E-state index contributed by atoms with van der Waals surface area (Å²) in [7, 11) is 3.32. The number of rotatable bonds is 5. The maximum Gasteiger partial charge on any atom is 0.322 e. The van der Waals surface area contributed by atoms with Gasteiger partial charge in [-0.05, 0) is 29.3 Å². The van der Waals surface area contributed by atoms with E-state index in [2.05, 4.69) is 20.3 Å². The van der Waals surface area contributed by atoms with Crippen LogP contribution in [0.15, 0.2) is 24.3 Å². The third-order valence-corrected chi connectivity index (χ3v) is 2.51. The zero-order chi connectivity index (χ0) is 13.7. The number of nitrogens with zero attached hydrogens (tertiary/aromatic N) is 3. The molecule has 0 aliphatic rings. The summed E-state index contributed by atoms with van der Waals surface area (Å²) in [4.78, 5) is 11.8. The summed E-state index contributed by atoms with van der Waals surface area (Å²) in [6.07, 6.45) is 0. The van der Waals surface area contributed by atoms with Gasteiger partial charge in [0.05, 0.1) is 7.11 Å². The highest BCUT2D eigenvalue weighted by Gasteiger charge is 2.05. The van der Waals surface area contributed by atoms with Crippen LogP contribution in [0.4, 0.5) is 5.95 Å². The molecule has 0 spiro atoms. The van der Waals surface area contributed by atoms with Gasteiger partial charge in [0.25, 0.3) is 0 Å². The second-order valence-electron chi connectivity index (χ2n) is 3.60. The largest absolute Gasteiger partial charge is 0.497 e. The normalized spacial score (nSPS) is 10.1. The Bertz CT molecular complexity index is 548. The van der Waals surface area contributed by atoms with Gasteiger partial charge in [-0.15, -0.1) is 0 Å². The molecular formula is C12H13ClN4O2. The number of aromatic nitrogens is 3. The average molecular weight is 281 g/mol. The van der Waals surface area contributed by atoms with Gasteiger partial charge in [-0.2, -0.15) is 15.0 Å². The number of hydrogen-bond donors (Lipinski definition) is 1. The van der Waals surface area contributed by atoms with E-state index in [1.807, 2.05) is 24.3 Å². The Labute approximate surface area is 115 Å². The van der Waals surface area contributed by atoms with Crippen LogP contribution in [0.2, 0.25) is 5.28 Å². The van der Waals surface area contributed by atoms with Gasteiger partial charge >= 0.3 is 6.01 Å². The van der Waals surface area contributed by atoms with E-state index in [-0.39, 0.29) is 11.3 Å². The highest BCUT2D eigenvalue weighted by atomic mass is 35.5. The fourth-order valence-corrected chi connectivity index (χ4v) is 1.53. The van der Waals surface area contributed by atoms with Crippen LogP contribution >= 0.6 is 11.6 Å². The molecule has 0 fully saturated rings. The van der Waals surface area contributed by atoms with Gasteiger partial charge in [0.1, 0.15) is 12.4 Å². The average Bonchev–Trinajstić information content (AvgIpc) is 2.45. The third-order valence-electron chi connectivity index (χ3n) is 2.34. The van der Waals surface area contributed by atoms with E-state index in [0.29, 0.717) is 12.6 Å². The molecule has 1 aromatic heterocycles. The summed E-state index contributed by atoms with van der Waals surface area (Å²) < 4.78 is 10.5. The van der Waals surface area contributed by atoms with Crippen molar-refractivity contribution in [3.8, 4) is 11.8 Å². The molecule has 2 aromatic rings. The van der Waals surface area contributed by atoms with Crippen molar-refractivity contribution < 1.29 is 9.47 Å². The number of halogens is 1. The Morgan fingerprint density at radius 2 is 1.89 bits per heavy atom. The van der Waals surface area contributed by atoms with Crippen LogP contribution in [-0.2, 0) is 6.61 Å². The smallest absolute Gasteiger partial charge is 0.322 e. The molecule has 0 atom stereocenters. The Morgan fingerprint density at radius 1 is 1.16 bits per heavy atom. The standard InChI is InChI=1S/C12H13ClN4O2/c1-14-11-15-10(13)16-12(17-11)19-7-8-3-5-9(18-2)6-4-8/h3-6H,7H2,1-2H3,(H,14,15,16,17). The fraction of sp³-hybridized carbons (Fsp3) is 0.250. The summed E-state index contributed by atoms with van der Waals surface area (Å²) in [6, 6.07) is 7.71. The zero-order valence-electron chi connectivity index (χ0n) is 10.6. The molecule has 0 amide bonds. The van der Waals surface area contributed by atoms with Crippen molar-refractivity contribution in [1.29, 1.82) is 0 Å². The van der Waals surface area contributed by atoms with Crippen molar-refractivity contribution in [2.75, 3.05) is 19.5 Å². The van der Waals surface area contributed by atoms with Gasteiger partial charge < -0.3 is 14.8 Å². The van der Waals surface area contributed by atoms with E-state index in [1.165, 1.54) is 0 Å². The van der Waals surface area contributed by atoms with Crippen LogP contribution < -0.4 is 14.8 Å². The van der Waals surface area contributed by atoms with Gasteiger partial charge in [0.2, 0.25) is 11.2 Å². The molecule has 1 aromatic carbocycles. The van der Waals surface area contributed by atoms with Crippen molar-refractivity contribution in [1.82, 2.24) is 15.0 Å². The summed E-state index contributed by atoms with van der Waals surface area (Å²) >= 11 is 5.75. The van der Waals surface area contributed by atoms with Crippen molar-refractivity contribution in [3.63, 3.8) is 0 Å². The maximum atomic E-state index is 5.75. The van der Waals surface area contributed by atoms with Gasteiger partial charge in [-0.1, -0.05) is 12.1 Å². The van der Waals surface area contributed by atoms with Crippen LogP contribution in [0.1, 0.15) is 5.56 Å². The van der Waals surface area contributed by atoms with E-state index < -0.39 is 0 Å². The minimum atomic E-state index is 0.0871. The summed E-state index contributed by atoms with van der Waals surface area (Å²) in [6.45, 7) is 0.341. The monoisotopic (exact) mass is 280 g/mol. The first-order chi connectivity index (χ1) is 9.21. The van der Waals surface area contributed by atoms with Crippen molar-refractivity contribution >= 4 is 17.5 Å². The van der Waals surface area contributed by atoms with Crippen LogP contribution in [0, 0.1) is 0 Å². The Morgan fingerprint density at radius 3 is 2.53 bits per heavy atom. The molecule has 19 heavy (non-hydrogen) atoms. The molecule has 2 rings (SSSR count). The van der Waals surface area contributed by atoms with Gasteiger partial charge in [-0.3, -0.25) is 0 Å². The zero-order valence-corrected chi connectivity index (χ0v) is 11.3. The molecule has 100 valence electrons. The van der Waals surface area contributed by atoms with Crippen LogP contribution in [-0.4, -0.2) is 29.1 Å². The molecule has 1 heterocycles. The second-order valence-corrected chi connectivity index (χ2v) is 3.94. The predicted octanol–water partition coefficient (Wildman–Crippen LogP) is 2.15.